The molecule has 82 valence electrons. The second-order valence-corrected chi connectivity index (χ2v) is 6.12. The zero-order valence-electron chi connectivity index (χ0n) is 9.06. The molecule has 0 spiro atoms. The summed E-state index contributed by atoms with van der Waals surface area (Å²) in [5.74, 6) is 0. The van der Waals surface area contributed by atoms with E-state index in [0.29, 0.717) is 5.70 Å². The van der Waals surface area contributed by atoms with Crippen molar-refractivity contribution in [3.63, 3.8) is 0 Å². The molecule has 0 radical (unpaired) electrons. The number of rotatable bonds is 2. The predicted octanol–water partition coefficient (Wildman–Crippen LogP) is 4.81. The van der Waals surface area contributed by atoms with Crippen LogP contribution in [0.3, 0.4) is 0 Å². The standard InChI is InChI=1S/C12H11NOS2/c1-8-9(2)16-12(15-8)11(13-14)10-6-4-3-5-7-10/h3-7H,1-2H3. The van der Waals surface area contributed by atoms with Crippen molar-refractivity contribution in [3.8, 4) is 0 Å². The largest absolute Gasteiger partial charge is 0.145 e. The SMILES string of the molecule is CC1=C(C)SC(=C(N=O)c2ccccc2)S1. The van der Waals surface area contributed by atoms with Gasteiger partial charge in [-0.2, -0.15) is 0 Å². The van der Waals surface area contributed by atoms with Gasteiger partial charge in [0, 0.05) is 5.56 Å². The third kappa shape index (κ3) is 2.23. The molecule has 2 rings (SSSR count). The Morgan fingerprint density at radius 2 is 1.62 bits per heavy atom. The maximum absolute atomic E-state index is 11.0. The highest BCUT2D eigenvalue weighted by Crippen LogP contribution is 2.51. The first-order valence-electron chi connectivity index (χ1n) is 4.88. The van der Waals surface area contributed by atoms with E-state index in [0.717, 1.165) is 9.80 Å². The van der Waals surface area contributed by atoms with Crippen molar-refractivity contribution >= 4 is 29.2 Å². The van der Waals surface area contributed by atoms with Crippen molar-refractivity contribution in [2.75, 3.05) is 0 Å². The van der Waals surface area contributed by atoms with Crippen LogP contribution in [-0.2, 0) is 0 Å². The molecule has 4 heteroatoms. The van der Waals surface area contributed by atoms with Gasteiger partial charge in [-0.3, -0.25) is 0 Å². The van der Waals surface area contributed by atoms with E-state index in [2.05, 4.69) is 19.0 Å². The second-order valence-electron chi connectivity index (χ2n) is 3.41. The molecule has 0 unspecified atom stereocenters. The van der Waals surface area contributed by atoms with E-state index in [9.17, 15) is 4.91 Å². The Morgan fingerprint density at radius 3 is 2.12 bits per heavy atom. The molecule has 1 aromatic carbocycles. The van der Waals surface area contributed by atoms with Gasteiger partial charge in [0.1, 0.15) is 5.70 Å². The fraction of sp³-hybridized carbons (Fsp3) is 0.167. The van der Waals surface area contributed by atoms with Crippen LogP contribution in [0.5, 0.6) is 0 Å². The number of allylic oxidation sites excluding steroid dienone is 2. The molecule has 0 amide bonds. The van der Waals surface area contributed by atoms with Crippen LogP contribution in [-0.4, -0.2) is 0 Å². The number of benzene rings is 1. The first-order valence-corrected chi connectivity index (χ1v) is 6.52. The molecule has 0 saturated carbocycles. The first kappa shape index (κ1) is 11.5. The average molecular weight is 249 g/mol. The van der Waals surface area contributed by atoms with Gasteiger partial charge in [-0.25, -0.2) is 0 Å². The monoisotopic (exact) mass is 249 g/mol. The predicted molar refractivity (Wildman–Crippen MR) is 72.7 cm³/mol. The fourth-order valence-corrected chi connectivity index (χ4v) is 3.86. The lowest BCUT2D eigenvalue weighted by Gasteiger charge is -2.02. The molecule has 1 aliphatic heterocycles. The lowest BCUT2D eigenvalue weighted by atomic mass is 10.2. The minimum atomic E-state index is 0.548. The molecule has 1 aliphatic rings. The molecule has 0 N–H and O–H groups in total. The Kier molecular flexibility index (Phi) is 3.51. The molecule has 0 aromatic heterocycles. The first-order chi connectivity index (χ1) is 7.72. The highest BCUT2D eigenvalue weighted by molar-refractivity contribution is 8.28. The van der Waals surface area contributed by atoms with Gasteiger partial charge < -0.3 is 0 Å². The zero-order chi connectivity index (χ0) is 11.5. The van der Waals surface area contributed by atoms with E-state index in [4.69, 9.17) is 0 Å². The number of thioether (sulfide) groups is 2. The molecule has 16 heavy (non-hydrogen) atoms. The van der Waals surface area contributed by atoms with Crippen LogP contribution >= 0.6 is 23.5 Å². The molecular formula is C12H11NOS2. The number of hydrogen-bond donors (Lipinski definition) is 0. The Labute approximate surface area is 103 Å². The van der Waals surface area contributed by atoms with Crippen molar-refractivity contribution in [2.45, 2.75) is 13.8 Å². The fourth-order valence-electron chi connectivity index (χ4n) is 1.34. The van der Waals surface area contributed by atoms with E-state index < -0.39 is 0 Å². The second kappa shape index (κ2) is 4.89. The summed E-state index contributed by atoms with van der Waals surface area (Å²) in [6.45, 7) is 4.13. The average Bonchev–Trinajstić information content (AvgIpc) is 2.61. The van der Waals surface area contributed by atoms with Gasteiger partial charge in [0.25, 0.3) is 0 Å². The maximum Gasteiger partial charge on any atom is 0.135 e. The highest BCUT2D eigenvalue weighted by atomic mass is 32.2. The smallest absolute Gasteiger partial charge is 0.135 e. The van der Waals surface area contributed by atoms with Gasteiger partial charge in [-0.1, -0.05) is 53.9 Å². The van der Waals surface area contributed by atoms with E-state index >= 15 is 0 Å². The van der Waals surface area contributed by atoms with Gasteiger partial charge in [0.05, 0.1) is 4.24 Å². The number of nitrogens with zero attached hydrogens (tertiary/aromatic N) is 1. The quantitative estimate of drug-likeness (QED) is 0.704. The van der Waals surface area contributed by atoms with Crippen molar-refractivity contribution in [1.29, 1.82) is 0 Å². The lowest BCUT2D eigenvalue weighted by Crippen LogP contribution is -1.81. The summed E-state index contributed by atoms with van der Waals surface area (Å²) in [7, 11) is 0. The van der Waals surface area contributed by atoms with Gasteiger partial charge in [0.2, 0.25) is 0 Å². The summed E-state index contributed by atoms with van der Waals surface area (Å²) in [5.41, 5.74) is 1.43. The minimum absolute atomic E-state index is 0.548. The molecule has 0 saturated heterocycles. The molecular weight excluding hydrogens is 238 g/mol. The van der Waals surface area contributed by atoms with Crippen molar-refractivity contribution in [3.05, 3.63) is 54.8 Å². The third-order valence-corrected chi connectivity index (χ3v) is 4.93. The van der Waals surface area contributed by atoms with E-state index in [1.54, 1.807) is 23.5 Å². The molecule has 2 nitrogen and oxygen atoms in total. The Morgan fingerprint density at radius 1 is 1.06 bits per heavy atom. The van der Waals surface area contributed by atoms with Crippen LogP contribution in [0, 0.1) is 4.91 Å². The van der Waals surface area contributed by atoms with Gasteiger partial charge in [0.15, 0.2) is 0 Å². The van der Waals surface area contributed by atoms with Gasteiger partial charge >= 0.3 is 0 Å². The molecule has 0 fully saturated rings. The van der Waals surface area contributed by atoms with Gasteiger partial charge in [-0.15, -0.1) is 4.91 Å². The van der Waals surface area contributed by atoms with E-state index in [1.165, 1.54) is 9.81 Å². The Balaban J connectivity index is 2.39. The molecule has 0 atom stereocenters. The highest BCUT2D eigenvalue weighted by Gasteiger charge is 2.20. The topological polar surface area (TPSA) is 29.4 Å². The summed E-state index contributed by atoms with van der Waals surface area (Å²) < 4.78 is 0.983. The molecule has 1 heterocycles. The molecule has 0 aliphatic carbocycles. The Bertz CT molecular complexity index is 461. The number of nitroso groups, excluding NO2 is 1. The van der Waals surface area contributed by atoms with Crippen LogP contribution in [0.15, 0.2) is 49.6 Å². The summed E-state index contributed by atoms with van der Waals surface area (Å²) in [6.07, 6.45) is 0. The van der Waals surface area contributed by atoms with Crippen LogP contribution in [0.1, 0.15) is 19.4 Å². The summed E-state index contributed by atoms with van der Waals surface area (Å²) in [6, 6.07) is 9.58. The van der Waals surface area contributed by atoms with Crippen molar-refractivity contribution < 1.29 is 0 Å². The van der Waals surface area contributed by atoms with Crippen molar-refractivity contribution in [2.24, 2.45) is 5.18 Å². The lowest BCUT2D eigenvalue weighted by molar-refractivity contribution is 1.49. The van der Waals surface area contributed by atoms with Crippen LogP contribution in [0.25, 0.3) is 5.70 Å². The summed E-state index contributed by atoms with van der Waals surface area (Å²) in [5, 5.41) is 3.17. The minimum Gasteiger partial charge on any atom is -0.145 e. The molecule has 0 bridgehead atoms. The summed E-state index contributed by atoms with van der Waals surface area (Å²) >= 11 is 3.26. The normalized spacial score (nSPS) is 15.5. The van der Waals surface area contributed by atoms with Crippen molar-refractivity contribution in [1.82, 2.24) is 0 Å². The summed E-state index contributed by atoms with van der Waals surface area (Å²) in [4.78, 5) is 13.4. The van der Waals surface area contributed by atoms with E-state index in [1.807, 2.05) is 30.3 Å². The Hall–Kier alpha value is -1.00. The van der Waals surface area contributed by atoms with E-state index in [-0.39, 0.29) is 0 Å². The van der Waals surface area contributed by atoms with Gasteiger partial charge in [-0.05, 0) is 28.8 Å². The van der Waals surface area contributed by atoms with Crippen LogP contribution < -0.4 is 0 Å². The van der Waals surface area contributed by atoms with Crippen LogP contribution in [0.4, 0.5) is 0 Å². The molecule has 1 aromatic rings. The zero-order valence-corrected chi connectivity index (χ0v) is 10.7. The van der Waals surface area contributed by atoms with Crippen LogP contribution in [0.2, 0.25) is 0 Å². The maximum atomic E-state index is 11.0. The number of hydrogen-bond acceptors (Lipinski definition) is 4. The third-order valence-electron chi connectivity index (χ3n) is 2.32.